The van der Waals surface area contributed by atoms with Gasteiger partial charge in [-0.15, -0.1) is 11.3 Å². The number of nitrogen functional groups attached to an aromatic ring is 1. The van der Waals surface area contributed by atoms with Crippen LogP contribution in [-0.4, -0.2) is 10.1 Å². The summed E-state index contributed by atoms with van der Waals surface area (Å²) in [6.45, 7) is 2.09. The van der Waals surface area contributed by atoms with E-state index < -0.39 is 0 Å². The van der Waals surface area contributed by atoms with Crippen LogP contribution in [0.1, 0.15) is 24.1 Å². The summed E-state index contributed by atoms with van der Waals surface area (Å²) in [6, 6.07) is 20.4. The molecule has 0 saturated heterocycles. The molecule has 0 radical (unpaired) electrons. The summed E-state index contributed by atoms with van der Waals surface area (Å²) in [5.74, 6) is 0.472. The highest BCUT2D eigenvalue weighted by molar-refractivity contribution is 7.13. The summed E-state index contributed by atoms with van der Waals surface area (Å²) < 4.78 is 4.96. The number of benzene rings is 2. The predicted molar refractivity (Wildman–Crippen MR) is 101 cm³/mol. The zero-order chi connectivity index (χ0) is 17.2. The van der Waals surface area contributed by atoms with Gasteiger partial charge in [0.05, 0.1) is 11.4 Å². The molecule has 2 N–H and O–H groups in total. The van der Waals surface area contributed by atoms with Crippen LogP contribution in [-0.2, 0) is 0 Å². The van der Waals surface area contributed by atoms with Gasteiger partial charge in [0.2, 0.25) is 5.88 Å². The van der Waals surface area contributed by atoms with Crippen molar-refractivity contribution in [2.24, 2.45) is 0 Å². The minimum atomic E-state index is 0.130. The van der Waals surface area contributed by atoms with Gasteiger partial charge >= 0.3 is 0 Å². The van der Waals surface area contributed by atoms with Crippen LogP contribution in [0.4, 0.5) is 5.88 Å². The van der Waals surface area contributed by atoms with Crippen molar-refractivity contribution in [1.29, 1.82) is 0 Å². The van der Waals surface area contributed by atoms with Gasteiger partial charge in [-0.25, -0.2) is 4.98 Å². The lowest BCUT2D eigenvalue weighted by Crippen LogP contribution is -1.96. The average molecular weight is 347 g/mol. The summed E-state index contributed by atoms with van der Waals surface area (Å²) >= 11 is 1.66. The molecule has 0 amide bonds. The first kappa shape index (κ1) is 15.6. The zero-order valence-electron chi connectivity index (χ0n) is 13.7. The molecular weight excluding hydrogens is 330 g/mol. The van der Waals surface area contributed by atoms with Crippen LogP contribution in [0.5, 0.6) is 0 Å². The van der Waals surface area contributed by atoms with Crippen LogP contribution in [0.15, 0.2) is 70.6 Å². The second-order valence-electron chi connectivity index (χ2n) is 5.90. The van der Waals surface area contributed by atoms with E-state index in [-0.39, 0.29) is 5.92 Å². The fraction of sp³-hybridized carbons (Fsp3) is 0.100. The maximum atomic E-state index is 5.61. The van der Waals surface area contributed by atoms with E-state index in [1.165, 1.54) is 0 Å². The van der Waals surface area contributed by atoms with Crippen molar-refractivity contribution < 1.29 is 4.52 Å². The predicted octanol–water partition coefficient (Wildman–Crippen LogP) is 5.20. The van der Waals surface area contributed by atoms with Crippen LogP contribution in [0.2, 0.25) is 0 Å². The Morgan fingerprint density at radius 3 is 2.44 bits per heavy atom. The molecule has 0 bridgehead atoms. The lowest BCUT2D eigenvalue weighted by molar-refractivity contribution is 0.425. The third kappa shape index (κ3) is 3.19. The molecule has 0 saturated carbocycles. The van der Waals surface area contributed by atoms with Gasteiger partial charge in [-0.2, -0.15) is 0 Å². The molecule has 0 fully saturated rings. The lowest BCUT2D eigenvalue weighted by Gasteiger charge is -2.08. The van der Waals surface area contributed by atoms with Crippen LogP contribution >= 0.6 is 11.3 Å². The molecule has 4 nitrogen and oxygen atoms in total. The van der Waals surface area contributed by atoms with E-state index in [1.54, 1.807) is 17.4 Å². The van der Waals surface area contributed by atoms with Crippen molar-refractivity contribution in [3.8, 4) is 21.8 Å². The molecule has 2 heterocycles. The highest BCUT2D eigenvalue weighted by Gasteiger charge is 2.14. The van der Waals surface area contributed by atoms with Gasteiger partial charge in [-0.1, -0.05) is 66.7 Å². The Labute approximate surface area is 149 Å². The van der Waals surface area contributed by atoms with Crippen LogP contribution in [0.25, 0.3) is 21.8 Å². The fourth-order valence-corrected chi connectivity index (χ4v) is 3.58. The second-order valence-corrected chi connectivity index (χ2v) is 6.76. The van der Waals surface area contributed by atoms with Crippen molar-refractivity contribution >= 4 is 17.2 Å². The largest absolute Gasteiger partial charge is 0.368 e. The molecule has 124 valence electrons. The fourth-order valence-electron chi connectivity index (χ4n) is 2.74. The molecule has 0 aliphatic carbocycles. The first-order chi connectivity index (χ1) is 12.2. The quantitative estimate of drug-likeness (QED) is 0.551. The van der Waals surface area contributed by atoms with Crippen molar-refractivity contribution in [3.05, 3.63) is 77.3 Å². The number of hydrogen-bond donors (Lipinski definition) is 1. The Balaban J connectivity index is 1.57. The molecule has 5 heteroatoms. The van der Waals surface area contributed by atoms with E-state index in [1.807, 2.05) is 18.2 Å². The third-order valence-corrected chi connectivity index (χ3v) is 5.11. The van der Waals surface area contributed by atoms with E-state index in [2.05, 4.69) is 53.9 Å². The van der Waals surface area contributed by atoms with E-state index in [0.717, 1.165) is 33.1 Å². The van der Waals surface area contributed by atoms with Crippen LogP contribution < -0.4 is 5.73 Å². The summed E-state index contributed by atoms with van der Waals surface area (Å²) in [6.07, 6.45) is 0. The number of hydrogen-bond acceptors (Lipinski definition) is 5. The molecule has 2 aromatic carbocycles. The van der Waals surface area contributed by atoms with Gasteiger partial charge in [0.15, 0.2) is 0 Å². The molecule has 0 aliphatic rings. The minimum absolute atomic E-state index is 0.130. The van der Waals surface area contributed by atoms with E-state index >= 15 is 0 Å². The van der Waals surface area contributed by atoms with Crippen LogP contribution in [0, 0.1) is 0 Å². The van der Waals surface area contributed by atoms with Crippen molar-refractivity contribution in [1.82, 2.24) is 10.1 Å². The molecular formula is C20H17N3OS. The second kappa shape index (κ2) is 6.53. The summed E-state index contributed by atoms with van der Waals surface area (Å²) in [4.78, 5) is 4.76. The van der Waals surface area contributed by atoms with Gasteiger partial charge in [0, 0.05) is 28.5 Å². The number of thiazole rings is 1. The number of nitrogens with two attached hydrogens (primary N) is 1. The van der Waals surface area contributed by atoms with E-state index in [9.17, 15) is 0 Å². The highest BCUT2D eigenvalue weighted by Crippen LogP contribution is 2.30. The molecule has 0 spiro atoms. The van der Waals surface area contributed by atoms with Crippen LogP contribution in [0.3, 0.4) is 0 Å². The molecule has 1 unspecified atom stereocenters. The van der Waals surface area contributed by atoms with Gasteiger partial charge < -0.3 is 10.3 Å². The molecule has 4 rings (SSSR count). The Morgan fingerprint density at radius 2 is 1.76 bits per heavy atom. The van der Waals surface area contributed by atoms with E-state index in [4.69, 9.17) is 15.2 Å². The van der Waals surface area contributed by atoms with Gasteiger partial charge in [0.1, 0.15) is 5.01 Å². The van der Waals surface area contributed by atoms with Gasteiger partial charge in [-0.05, 0) is 5.56 Å². The summed E-state index contributed by atoms with van der Waals surface area (Å²) in [7, 11) is 0. The first-order valence-corrected chi connectivity index (χ1v) is 8.92. The smallest absolute Gasteiger partial charge is 0.222 e. The average Bonchev–Trinajstić information content (AvgIpc) is 3.31. The normalized spacial score (nSPS) is 12.2. The number of anilines is 1. The molecule has 0 aliphatic heterocycles. The van der Waals surface area contributed by atoms with Crippen molar-refractivity contribution in [2.45, 2.75) is 12.8 Å². The maximum absolute atomic E-state index is 5.61. The summed E-state index contributed by atoms with van der Waals surface area (Å²) in [5, 5.41) is 7.13. The standard InChI is InChI=1S/C20H17N3OS/c1-13(17-11-19(21)24-23-17)14-7-9-15(10-8-14)18-12-25-20(22-18)16-5-3-2-4-6-16/h2-13H,21H2,1H3. The van der Waals surface area contributed by atoms with Gasteiger partial charge in [0.25, 0.3) is 0 Å². The summed E-state index contributed by atoms with van der Waals surface area (Å²) in [5.41, 5.74) is 10.9. The molecule has 4 aromatic rings. The Hall–Kier alpha value is -2.92. The Kier molecular flexibility index (Phi) is 4.07. The molecule has 1 atom stereocenters. The molecule has 2 aromatic heterocycles. The minimum Gasteiger partial charge on any atom is -0.368 e. The van der Waals surface area contributed by atoms with E-state index in [0.29, 0.717) is 5.88 Å². The highest BCUT2D eigenvalue weighted by atomic mass is 32.1. The number of rotatable bonds is 4. The topological polar surface area (TPSA) is 64.9 Å². The third-order valence-electron chi connectivity index (χ3n) is 4.22. The Bertz CT molecular complexity index is 974. The molecule has 25 heavy (non-hydrogen) atoms. The number of aromatic nitrogens is 2. The van der Waals surface area contributed by atoms with Gasteiger partial charge in [-0.3, -0.25) is 0 Å². The first-order valence-electron chi connectivity index (χ1n) is 8.04. The lowest BCUT2D eigenvalue weighted by atomic mass is 9.96. The van der Waals surface area contributed by atoms with Crippen molar-refractivity contribution in [2.75, 3.05) is 5.73 Å². The number of nitrogens with zero attached hydrogens (tertiary/aromatic N) is 2. The monoisotopic (exact) mass is 347 g/mol. The SMILES string of the molecule is CC(c1ccc(-c2csc(-c3ccccc3)n2)cc1)c1cc(N)on1. The zero-order valence-corrected chi connectivity index (χ0v) is 14.5. The van der Waals surface area contributed by atoms with Crippen molar-refractivity contribution in [3.63, 3.8) is 0 Å². The Morgan fingerprint density at radius 1 is 1.00 bits per heavy atom. The maximum Gasteiger partial charge on any atom is 0.222 e.